The Bertz CT molecular complexity index is 1590. The number of hydrogen-bond acceptors (Lipinski definition) is 17. The van der Waals surface area contributed by atoms with Crippen molar-refractivity contribution >= 4 is 89.1 Å². The fourth-order valence-corrected chi connectivity index (χ4v) is 3.29. The normalized spacial score (nSPS) is 11.5. The lowest BCUT2D eigenvalue weighted by Crippen LogP contribution is -2.04. The van der Waals surface area contributed by atoms with Gasteiger partial charge in [-0.05, 0) is 96.8 Å². The molecular weight excluding hydrogens is 823 g/mol. The number of aliphatic imine (C=N–C) groups is 2. The first-order chi connectivity index (χ1) is 28.5. The number of benzene rings is 1. The Morgan fingerprint density at radius 2 is 1.12 bits per heavy atom. The van der Waals surface area contributed by atoms with Crippen LogP contribution in [0.5, 0.6) is 0 Å². The first kappa shape index (κ1) is 59.2. The van der Waals surface area contributed by atoms with Gasteiger partial charge in [0.05, 0.1) is 18.3 Å². The standard InChI is InChI=1S/C12H13FN2O.C12H21N2O5P.C10H19N2O3P.C5H9NO2/c1-9(10(2)16)15-8-14-7-11-3-5-12(13)6-4-11;1-10(12(17)20)14-19-9-5-3-2-4-8-18-13-7-6-11(15)16;1-9(10(13)16)12-15-8-6-4-3-5-7-14-11-2;1-4(5(2)7)6-8-3/h3-7H,8H2,1-2H3;7H,2-6,8-9,20H2,1H3,(H,15,16);2-8,16H2,1H3;1-3H3/b;13-7+,14-10-;12-9-;6-4-. The Balaban J connectivity index is -0.000000749. The number of hydrogen-bond donors (Lipinski definition) is 1. The number of nitrogens with zero attached hydrogens (tertiary/aromatic N) is 7. The number of aliphatic carboxylic acids is 1. The van der Waals surface area contributed by atoms with Crippen LogP contribution >= 0.6 is 18.5 Å². The predicted octanol–water partition coefficient (Wildman–Crippen LogP) is 6.64. The van der Waals surface area contributed by atoms with Gasteiger partial charge in [-0.25, -0.2) is 4.39 Å². The molecule has 21 heteroatoms. The van der Waals surface area contributed by atoms with Gasteiger partial charge >= 0.3 is 5.97 Å². The van der Waals surface area contributed by atoms with Crippen LogP contribution in [-0.2, 0) is 48.2 Å². The van der Waals surface area contributed by atoms with Crippen LogP contribution in [-0.4, -0.2) is 116 Å². The van der Waals surface area contributed by atoms with E-state index >= 15 is 0 Å². The Labute approximate surface area is 357 Å². The van der Waals surface area contributed by atoms with Gasteiger partial charge in [0.1, 0.15) is 63.2 Å². The molecule has 2 unspecified atom stereocenters. The second kappa shape index (κ2) is 42.0. The summed E-state index contributed by atoms with van der Waals surface area (Å²) in [6.45, 7) is 14.9. The third-order valence-corrected chi connectivity index (χ3v) is 7.65. The van der Waals surface area contributed by atoms with Gasteiger partial charge in [0, 0.05) is 26.8 Å². The molecule has 0 saturated carbocycles. The highest BCUT2D eigenvalue weighted by atomic mass is 31.0. The first-order valence-electron chi connectivity index (χ1n) is 18.7. The Hall–Kier alpha value is -5.15. The van der Waals surface area contributed by atoms with E-state index in [-0.39, 0.29) is 41.5 Å². The van der Waals surface area contributed by atoms with E-state index in [9.17, 15) is 28.4 Å². The second-order valence-corrected chi connectivity index (χ2v) is 13.0. The van der Waals surface area contributed by atoms with E-state index in [1.165, 1.54) is 39.3 Å². The average Bonchev–Trinajstić information content (AvgIpc) is 3.20. The molecule has 0 aliphatic heterocycles. The van der Waals surface area contributed by atoms with Crippen molar-refractivity contribution in [3.63, 3.8) is 0 Å². The summed E-state index contributed by atoms with van der Waals surface area (Å²) in [5.74, 6) is -1.33. The third kappa shape index (κ3) is 44.0. The monoisotopic (exact) mass is 885 g/mol. The molecule has 0 saturated heterocycles. The lowest BCUT2D eigenvalue weighted by molar-refractivity contribution is -0.135. The largest absolute Gasteiger partial charge is 0.481 e. The molecule has 336 valence electrons. The minimum atomic E-state index is -0.932. The fraction of sp³-hybridized carbons (Fsp3) is 0.538. The summed E-state index contributed by atoms with van der Waals surface area (Å²) in [6.07, 6.45) is 10.3. The van der Waals surface area contributed by atoms with Crippen molar-refractivity contribution in [2.75, 3.05) is 40.2 Å². The molecule has 0 amide bonds. The number of rotatable bonds is 28. The van der Waals surface area contributed by atoms with Crippen LogP contribution in [0.1, 0.15) is 105 Å². The number of ketones is 2. The topological polar surface area (TPSA) is 238 Å². The lowest BCUT2D eigenvalue weighted by atomic mass is 10.2. The molecule has 1 rings (SSSR count). The van der Waals surface area contributed by atoms with Gasteiger partial charge < -0.3 is 29.3 Å². The molecule has 18 nitrogen and oxygen atoms in total. The molecule has 0 radical (unpaired) electrons. The summed E-state index contributed by atoms with van der Waals surface area (Å²) >= 11 is 0. The fourth-order valence-electron chi connectivity index (χ4n) is 3.19. The van der Waals surface area contributed by atoms with Crippen molar-refractivity contribution in [3.05, 3.63) is 35.6 Å². The molecule has 1 aromatic carbocycles. The zero-order valence-corrected chi connectivity index (χ0v) is 38.1. The maximum atomic E-state index is 12.6. The van der Waals surface area contributed by atoms with Gasteiger partial charge in [0.15, 0.2) is 22.6 Å². The molecular formula is C39H62FN7O11P2. The van der Waals surface area contributed by atoms with E-state index in [0.717, 1.165) is 56.9 Å². The van der Waals surface area contributed by atoms with Crippen molar-refractivity contribution in [3.8, 4) is 0 Å². The smallest absolute Gasteiger partial charge is 0.308 e. The number of carboxylic acids is 1. The van der Waals surface area contributed by atoms with Crippen LogP contribution < -0.4 is 0 Å². The summed E-state index contributed by atoms with van der Waals surface area (Å²) in [4.78, 5) is 84.7. The molecule has 0 aromatic heterocycles. The minimum Gasteiger partial charge on any atom is -0.481 e. The van der Waals surface area contributed by atoms with E-state index in [1.807, 2.05) is 9.24 Å². The van der Waals surface area contributed by atoms with Gasteiger partial charge in [-0.15, -0.1) is 5.16 Å². The summed E-state index contributed by atoms with van der Waals surface area (Å²) in [5.41, 5.74) is 2.04. The highest BCUT2D eigenvalue weighted by Gasteiger charge is 2.00. The van der Waals surface area contributed by atoms with Crippen LogP contribution in [0, 0.1) is 5.82 Å². The quantitative estimate of drug-likeness (QED) is 0.0405. The van der Waals surface area contributed by atoms with E-state index in [2.05, 4.69) is 56.6 Å². The molecule has 2 atom stereocenters. The first-order valence-corrected chi connectivity index (χ1v) is 19.9. The minimum absolute atomic E-state index is 0.0583. The molecule has 0 heterocycles. The number of carbonyl (C=O) groups is 5. The number of carbonyl (C=O) groups excluding carboxylic acids is 4. The Kier molecular flexibility index (Phi) is 41.4. The summed E-state index contributed by atoms with van der Waals surface area (Å²) in [7, 11) is 5.49. The molecule has 0 spiro atoms. The number of Topliss-reactive ketones (excluding diaryl/α,β-unsaturated/α-hetero) is 2. The number of unbranched alkanes of at least 4 members (excludes halogenated alkanes) is 6. The highest BCUT2D eigenvalue weighted by molar-refractivity contribution is 7.45. The Morgan fingerprint density at radius 1 is 0.667 bits per heavy atom. The van der Waals surface area contributed by atoms with E-state index < -0.39 is 5.97 Å². The van der Waals surface area contributed by atoms with Gasteiger partial charge in [-0.1, -0.05) is 51.2 Å². The van der Waals surface area contributed by atoms with Crippen molar-refractivity contribution in [1.29, 1.82) is 0 Å². The lowest BCUT2D eigenvalue weighted by Gasteiger charge is -2.01. The molecule has 0 bridgehead atoms. The number of oxime groups is 5. The van der Waals surface area contributed by atoms with E-state index in [4.69, 9.17) is 24.5 Å². The van der Waals surface area contributed by atoms with Crippen molar-refractivity contribution in [1.82, 2.24) is 0 Å². The maximum absolute atomic E-state index is 12.6. The SMILES string of the molecule is C/C(=N/OCCCCCCO/N=C/CC(=O)O)C(=O)P.C=NOCCCCCCO/N=C(/C)C(=O)P.CC(=O)C(C)=NCN=Cc1ccc(F)cc1.CO/N=C(/C)C(C)=O. The van der Waals surface area contributed by atoms with Crippen molar-refractivity contribution in [2.45, 2.75) is 99.3 Å². The van der Waals surface area contributed by atoms with Crippen molar-refractivity contribution in [2.24, 2.45) is 35.8 Å². The van der Waals surface area contributed by atoms with E-state index in [0.29, 0.717) is 49.3 Å². The van der Waals surface area contributed by atoms with Crippen LogP contribution in [0.15, 0.2) is 60.0 Å². The van der Waals surface area contributed by atoms with E-state index in [1.54, 1.807) is 46.0 Å². The molecule has 0 aliphatic rings. The number of halogens is 1. The van der Waals surface area contributed by atoms with Gasteiger partial charge in [-0.3, -0.25) is 34.0 Å². The van der Waals surface area contributed by atoms with Gasteiger partial charge in [0.2, 0.25) is 0 Å². The summed E-state index contributed by atoms with van der Waals surface area (Å²) in [5, 5.41) is 25.9. The Morgan fingerprint density at radius 3 is 1.50 bits per heavy atom. The number of carboxylic acid groups (broad SMARTS) is 1. The maximum Gasteiger partial charge on any atom is 0.308 e. The highest BCUT2D eigenvalue weighted by Crippen LogP contribution is 2.03. The van der Waals surface area contributed by atoms with Gasteiger partial charge in [0.25, 0.3) is 0 Å². The van der Waals surface area contributed by atoms with Crippen LogP contribution in [0.3, 0.4) is 0 Å². The second-order valence-electron chi connectivity index (χ2n) is 12.0. The molecule has 0 aliphatic carbocycles. The van der Waals surface area contributed by atoms with Crippen LogP contribution in [0.2, 0.25) is 0 Å². The van der Waals surface area contributed by atoms with Crippen molar-refractivity contribution < 1.29 is 57.7 Å². The molecule has 1 N–H and O–H groups in total. The van der Waals surface area contributed by atoms with Gasteiger partial charge in [-0.2, -0.15) is 0 Å². The third-order valence-electron chi connectivity index (χ3n) is 6.81. The molecule has 60 heavy (non-hydrogen) atoms. The van der Waals surface area contributed by atoms with Crippen LogP contribution in [0.4, 0.5) is 4.39 Å². The zero-order valence-electron chi connectivity index (χ0n) is 35.8. The average molecular weight is 886 g/mol. The molecule has 1 aromatic rings. The summed E-state index contributed by atoms with van der Waals surface area (Å²) < 4.78 is 12.6. The predicted molar refractivity (Wildman–Crippen MR) is 240 cm³/mol. The van der Waals surface area contributed by atoms with Crippen LogP contribution in [0.25, 0.3) is 0 Å². The zero-order chi connectivity index (χ0) is 46.0. The summed E-state index contributed by atoms with van der Waals surface area (Å²) in [6, 6.07) is 5.98. The molecule has 0 fully saturated rings.